The van der Waals surface area contributed by atoms with Crippen molar-refractivity contribution in [2.75, 3.05) is 18.6 Å². The fourth-order valence-electron chi connectivity index (χ4n) is 1.83. The third-order valence-corrected chi connectivity index (χ3v) is 4.37. The number of hydrogen-bond donors (Lipinski definition) is 0. The van der Waals surface area contributed by atoms with Crippen molar-refractivity contribution in [1.29, 1.82) is 0 Å². The van der Waals surface area contributed by atoms with Gasteiger partial charge in [-0.25, -0.2) is 8.42 Å². The summed E-state index contributed by atoms with van der Waals surface area (Å²) in [5, 5.41) is 0. The largest absolute Gasteiger partial charge is 0.298 e. The predicted molar refractivity (Wildman–Crippen MR) is 38.6 cm³/mol. The number of nitrogens with zero attached hydrogens (tertiary/aromatic N) is 1. The second-order valence-corrected chi connectivity index (χ2v) is 5.44. The molecule has 0 spiro atoms. The van der Waals surface area contributed by atoms with Crippen LogP contribution in [0.3, 0.4) is 0 Å². The molecule has 0 aromatic carbocycles. The number of hydrogen-bond acceptors (Lipinski definition) is 3. The van der Waals surface area contributed by atoms with E-state index in [9.17, 15) is 8.42 Å². The second-order valence-electron chi connectivity index (χ2n) is 3.29. The molecule has 3 aliphatic heterocycles. The van der Waals surface area contributed by atoms with Crippen molar-refractivity contribution in [3.63, 3.8) is 0 Å². The Bertz CT molecular complexity index is 228. The lowest BCUT2D eigenvalue weighted by Gasteiger charge is -2.50. The van der Waals surface area contributed by atoms with E-state index in [2.05, 4.69) is 4.90 Å². The molecule has 3 nitrogen and oxygen atoms in total. The van der Waals surface area contributed by atoms with Crippen LogP contribution in [0.4, 0.5) is 0 Å². The maximum absolute atomic E-state index is 11.0. The quantitative estimate of drug-likeness (QED) is 0.480. The molecular weight excluding hydrogens is 150 g/mol. The predicted octanol–water partition coefficient (Wildman–Crippen LogP) is -0.512. The molecule has 0 aliphatic carbocycles. The summed E-state index contributed by atoms with van der Waals surface area (Å²) < 4.78 is 22.0. The normalized spacial score (nSPS) is 44.5. The van der Waals surface area contributed by atoms with Crippen molar-refractivity contribution in [3.8, 4) is 0 Å². The van der Waals surface area contributed by atoms with Gasteiger partial charge in [0, 0.05) is 12.1 Å². The van der Waals surface area contributed by atoms with Gasteiger partial charge in [0.25, 0.3) is 0 Å². The monoisotopic (exact) mass is 161 g/mol. The van der Waals surface area contributed by atoms with Gasteiger partial charge in [-0.15, -0.1) is 0 Å². The molecule has 0 amide bonds. The summed E-state index contributed by atoms with van der Waals surface area (Å²) in [5.41, 5.74) is 0. The van der Waals surface area contributed by atoms with Crippen LogP contribution in [0, 0.1) is 0 Å². The number of fused-ring (bicyclic) bond motifs is 2. The van der Waals surface area contributed by atoms with Crippen LogP contribution in [0.2, 0.25) is 0 Å². The van der Waals surface area contributed by atoms with Crippen molar-refractivity contribution >= 4 is 9.84 Å². The van der Waals surface area contributed by atoms with Crippen LogP contribution in [0.1, 0.15) is 6.42 Å². The zero-order valence-electron chi connectivity index (χ0n) is 5.95. The lowest BCUT2D eigenvalue weighted by atomic mass is 9.96. The molecule has 0 N–H and O–H groups in total. The van der Waals surface area contributed by atoms with Gasteiger partial charge in [-0.3, -0.25) is 4.90 Å². The third kappa shape index (κ3) is 0.787. The number of sulfone groups is 1. The van der Waals surface area contributed by atoms with Crippen LogP contribution in [0.5, 0.6) is 0 Å². The second kappa shape index (κ2) is 1.74. The molecule has 0 saturated carbocycles. The van der Waals surface area contributed by atoms with Gasteiger partial charge in [-0.05, 0) is 13.5 Å². The maximum Gasteiger partial charge on any atom is 0.153 e. The molecule has 2 bridgehead atoms. The maximum atomic E-state index is 11.0. The summed E-state index contributed by atoms with van der Waals surface area (Å²) in [6.07, 6.45) is 1.09. The van der Waals surface area contributed by atoms with Crippen LogP contribution >= 0.6 is 0 Å². The summed E-state index contributed by atoms with van der Waals surface area (Å²) >= 11 is 0. The van der Waals surface area contributed by atoms with E-state index in [0.717, 1.165) is 6.42 Å². The Kier molecular flexibility index (Phi) is 1.15. The standard InChI is InChI=1S/C6H11NO2S/c1-7-5-2-6(7)4-10(8,9)3-5/h5-6H,2-4H2,1H3. The zero-order valence-corrected chi connectivity index (χ0v) is 6.76. The molecule has 3 saturated heterocycles. The van der Waals surface area contributed by atoms with Gasteiger partial charge in [-0.2, -0.15) is 0 Å². The van der Waals surface area contributed by atoms with Gasteiger partial charge in [0.2, 0.25) is 0 Å². The van der Waals surface area contributed by atoms with Crippen molar-refractivity contribution < 1.29 is 8.42 Å². The average molecular weight is 161 g/mol. The van der Waals surface area contributed by atoms with Crippen molar-refractivity contribution in [2.45, 2.75) is 18.5 Å². The first-order valence-corrected chi connectivity index (χ1v) is 5.33. The molecule has 3 heterocycles. The van der Waals surface area contributed by atoms with Crippen LogP contribution in [0.15, 0.2) is 0 Å². The van der Waals surface area contributed by atoms with E-state index in [1.54, 1.807) is 0 Å². The molecule has 4 heteroatoms. The van der Waals surface area contributed by atoms with Gasteiger partial charge >= 0.3 is 0 Å². The molecule has 2 atom stereocenters. The van der Waals surface area contributed by atoms with E-state index >= 15 is 0 Å². The highest BCUT2D eigenvalue weighted by Gasteiger charge is 2.45. The fourth-order valence-corrected chi connectivity index (χ4v) is 3.88. The van der Waals surface area contributed by atoms with Gasteiger partial charge in [0.05, 0.1) is 11.5 Å². The molecule has 3 rings (SSSR count). The third-order valence-electron chi connectivity index (χ3n) is 2.59. The molecular formula is C6H11NO2S. The Balaban J connectivity index is 2.21. The summed E-state index contributed by atoms with van der Waals surface area (Å²) in [4.78, 5) is 2.17. The Hall–Kier alpha value is -0.0900. The molecule has 0 aromatic heterocycles. The molecule has 0 radical (unpaired) electrons. The van der Waals surface area contributed by atoms with E-state index in [1.807, 2.05) is 7.05 Å². The zero-order chi connectivity index (χ0) is 7.35. The van der Waals surface area contributed by atoms with E-state index in [-0.39, 0.29) is 0 Å². The van der Waals surface area contributed by atoms with Crippen molar-refractivity contribution in [1.82, 2.24) is 4.90 Å². The summed E-state index contributed by atoms with van der Waals surface area (Å²) in [6.45, 7) is 0. The molecule has 0 aromatic rings. The van der Waals surface area contributed by atoms with Crippen LogP contribution < -0.4 is 0 Å². The highest BCUT2D eigenvalue weighted by atomic mass is 32.2. The smallest absolute Gasteiger partial charge is 0.153 e. The van der Waals surface area contributed by atoms with E-state index in [1.165, 1.54) is 0 Å². The SMILES string of the molecule is CN1C2CC1CS(=O)(=O)C2. The van der Waals surface area contributed by atoms with Crippen LogP contribution in [-0.2, 0) is 9.84 Å². The van der Waals surface area contributed by atoms with Gasteiger partial charge in [0.1, 0.15) is 0 Å². The fraction of sp³-hybridized carbons (Fsp3) is 1.00. The lowest BCUT2D eigenvalue weighted by molar-refractivity contribution is 0.0639. The van der Waals surface area contributed by atoms with E-state index in [0.29, 0.717) is 23.6 Å². The lowest BCUT2D eigenvalue weighted by Crippen LogP contribution is -2.63. The number of rotatable bonds is 0. The van der Waals surface area contributed by atoms with Crippen LogP contribution in [-0.4, -0.2) is 44.0 Å². The minimum Gasteiger partial charge on any atom is -0.298 e. The van der Waals surface area contributed by atoms with Gasteiger partial charge in [0.15, 0.2) is 9.84 Å². The molecule has 10 heavy (non-hydrogen) atoms. The van der Waals surface area contributed by atoms with Crippen molar-refractivity contribution in [2.24, 2.45) is 0 Å². The first kappa shape index (κ1) is 6.61. The Morgan fingerprint density at radius 3 is 2.10 bits per heavy atom. The van der Waals surface area contributed by atoms with E-state index in [4.69, 9.17) is 0 Å². The average Bonchev–Trinajstić information content (AvgIpc) is 1.85. The Labute approximate surface area is 60.9 Å². The highest BCUT2D eigenvalue weighted by Crippen LogP contribution is 2.31. The summed E-state index contributed by atoms with van der Waals surface area (Å²) in [6, 6.07) is 0.674. The molecule has 3 fully saturated rings. The molecule has 2 unspecified atom stereocenters. The van der Waals surface area contributed by atoms with Crippen LogP contribution in [0.25, 0.3) is 0 Å². The first-order chi connectivity index (χ1) is 4.58. The highest BCUT2D eigenvalue weighted by molar-refractivity contribution is 7.91. The molecule has 3 aliphatic rings. The van der Waals surface area contributed by atoms with Gasteiger partial charge in [-0.1, -0.05) is 0 Å². The minimum atomic E-state index is -2.66. The summed E-state index contributed by atoms with van der Waals surface area (Å²) in [7, 11) is -0.649. The Morgan fingerprint density at radius 2 is 1.80 bits per heavy atom. The van der Waals surface area contributed by atoms with E-state index < -0.39 is 9.84 Å². The summed E-state index contributed by atoms with van der Waals surface area (Å²) in [5.74, 6) is 0.778. The topological polar surface area (TPSA) is 37.4 Å². The Morgan fingerprint density at radius 1 is 1.30 bits per heavy atom. The minimum absolute atomic E-state index is 0.337. The van der Waals surface area contributed by atoms with Crippen molar-refractivity contribution in [3.05, 3.63) is 0 Å². The molecule has 58 valence electrons. The van der Waals surface area contributed by atoms with Gasteiger partial charge < -0.3 is 0 Å². The first-order valence-electron chi connectivity index (χ1n) is 3.51.